The van der Waals surface area contributed by atoms with Gasteiger partial charge in [0.15, 0.2) is 0 Å². The number of nitrogens with zero attached hydrogens (tertiary/aromatic N) is 2. The van der Waals surface area contributed by atoms with E-state index in [1.807, 2.05) is 11.8 Å². The van der Waals surface area contributed by atoms with Crippen molar-refractivity contribution in [2.45, 2.75) is 6.92 Å². The van der Waals surface area contributed by atoms with Crippen LogP contribution in [0.2, 0.25) is 0 Å². The van der Waals surface area contributed by atoms with Gasteiger partial charge >= 0.3 is 0 Å². The standard InChI is InChI=1S/C11H18N4O2/c1-2-15(5-6-16)10-4-3-9(8-13-10)14-11(17)7-12/h3-4,8,16H,2,5-7,12H2,1H3,(H,14,17). The topological polar surface area (TPSA) is 91.5 Å². The maximum Gasteiger partial charge on any atom is 0.238 e. The van der Waals surface area contributed by atoms with E-state index in [0.717, 1.165) is 12.4 Å². The number of aliphatic hydroxyl groups excluding tert-OH is 1. The number of nitrogens with two attached hydrogens (primary N) is 1. The Morgan fingerprint density at radius 2 is 2.35 bits per heavy atom. The normalized spacial score (nSPS) is 10.1. The van der Waals surface area contributed by atoms with E-state index in [1.54, 1.807) is 18.3 Å². The molecule has 1 rings (SSSR count). The summed E-state index contributed by atoms with van der Waals surface area (Å²) in [4.78, 5) is 17.2. The van der Waals surface area contributed by atoms with Gasteiger partial charge in [0.05, 0.1) is 25.0 Å². The number of anilines is 2. The second-order valence-corrected chi connectivity index (χ2v) is 3.46. The molecule has 0 spiro atoms. The predicted octanol–water partition coefficient (Wildman–Crippen LogP) is -0.203. The summed E-state index contributed by atoms with van der Waals surface area (Å²) >= 11 is 0. The van der Waals surface area contributed by atoms with Crippen molar-refractivity contribution >= 4 is 17.4 Å². The highest BCUT2D eigenvalue weighted by Crippen LogP contribution is 2.13. The third-order valence-electron chi connectivity index (χ3n) is 2.29. The van der Waals surface area contributed by atoms with Gasteiger partial charge in [-0.2, -0.15) is 0 Å². The van der Waals surface area contributed by atoms with Crippen LogP contribution in [0.3, 0.4) is 0 Å². The molecule has 0 aliphatic heterocycles. The number of carbonyl (C=O) groups is 1. The molecule has 0 saturated heterocycles. The quantitative estimate of drug-likeness (QED) is 0.638. The van der Waals surface area contributed by atoms with Crippen molar-refractivity contribution in [2.24, 2.45) is 5.73 Å². The van der Waals surface area contributed by atoms with Crippen molar-refractivity contribution in [1.29, 1.82) is 0 Å². The Bertz CT molecular complexity index is 353. The molecule has 1 amide bonds. The molecule has 0 aromatic carbocycles. The van der Waals surface area contributed by atoms with Crippen LogP contribution >= 0.6 is 0 Å². The van der Waals surface area contributed by atoms with Crippen molar-refractivity contribution in [2.75, 3.05) is 36.5 Å². The molecule has 0 fully saturated rings. The number of nitrogens with one attached hydrogen (secondary N) is 1. The SMILES string of the molecule is CCN(CCO)c1ccc(NC(=O)CN)cn1. The first-order valence-electron chi connectivity index (χ1n) is 5.53. The summed E-state index contributed by atoms with van der Waals surface area (Å²) in [7, 11) is 0. The summed E-state index contributed by atoms with van der Waals surface area (Å²) in [5, 5.41) is 11.5. The third kappa shape index (κ3) is 4.01. The van der Waals surface area contributed by atoms with E-state index in [0.29, 0.717) is 12.2 Å². The minimum Gasteiger partial charge on any atom is -0.395 e. The van der Waals surface area contributed by atoms with Crippen LogP contribution in [0.4, 0.5) is 11.5 Å². The van der Waals surface area contributed by atoms with Crippen LogP contribution in [0.5, 0.6) is 0 Å². The van der Waals surface area contributed by atoms with Crippen LogP contribution in [0.15, 0.2) is 18.3 Å². The Balaban J connectivity index is 2.69. The van der Waals surface area contributed by atoms with Crippen molar-refractivity contribution in [3.8, 4) is 0 Å². The molecule has 0 atom stereocenters. The highest BCUT2D eigenvalue weighted by molar-refractivity contribution is 5.91. The number of pyridine rings is 1. The summed E-state index contributed by atoms with van der Waals surface area (Å²) in [6.07, 6.45) is 1.57. The molecule has 0 aliphatic carbocycles. The van der Waals surface area contributed by atoms with Crippen molar-refractivity contribution in [3.63, 3.8) is 0 Å². The van der Waals surface area contributed by atoms with E-state index in [2.05, 4.69) is 10.3 Å². The summed E-state index contributed by atoms with van der Waals surface area (Å²) in [5.41, 5.74) is 5.81. The van der Waals surface area contributed by atoms with E-state index < -0.39 is 0 Å². The predicted molar refractivity (Wildman–Crippen MR) is 66.9 cm³/mol. The zero-order chi connectivity index (χ0) is 12.7. The third-order valence-corrected chi connectivity index (χ3v) is 2.29. The molecule has 0 radical (unpaired) electrons. The van der Waals surface area contributed by atoms with E-state index in [1.165, 1.54) is 0 Å². The lowest BCUT2D eigenvalue weighted by atomic mass is 10.3. The number of amides is 1. The lowest BCUT2D eigenvalue weighted by Gasteiger charge is -2.20. The van der Waals surface area contributed by atoms with Gasteiger partial charge in [-0.05, 0) is 19.1 Å². The van der Waals surface area contributed by atoms with Gasteiger partial charge in [0.1, 0.15) is 5.82 Å². The Kier molecular flexibility index (Phi) is 5.38. The number of carbonyl (C=O) groups excluding carboxylic acids is 1. The molecule has 0 saturated carbocycles. The zero-order valence-corrected chi connectivity index (χ0v) is 9.89. The number of hydrogen-bond acceptors (Lipinski definition) is 5. The fraction of sp³-hybridized carbons (Fsp3) is 0.455. The van der Waals surface area contributed by atoms with Gasteiger partial charge in [-0.1, -0.05) is 0 Å². The van der Waals surface area contributed by atoms with Crippen LogP contribution < -0.4 is 16.0 Å². The molecule has 4 N–H and O–H groups in total. The molecule has 1 aromatic rings. The lowest BCUT2D eigenvalue weighted by Crippen LogP contribution is -2.27. The number of hydrogen-bond donors (Lipinski definition) is 3. The Labute approximate surface area is 100 Å². The van der Waals surface area contributed by atoms with Gasteiger partial charge in [-0.15, -0.1) is 0 Å². The van der Waals surface area contributed by atoms with E-state index in [-0.39, 0.29) is 19.1 Å². The Morgan fingerprint density at radius 1 is 1.59 bits per heavy atom. The minimum absolute atomic E-state index is 0.0483. The summed E-state index contributed by atoms with van der Waals surface area (Å²) in [5.74, 6) is 0.523. The fourth-order valence-corrected chi connectivity index (χ4v) is 1.41. The van der Waals surface area contributed by atoms with Crippen LogP contribution in [0.1, 0.15) is 6.92 Å². The molecule has 6 nitrogen and oxygen atoms in total. The first-order valence-corrected chi connectivity index (χ1v) is 5.53. The average Bonchev–Trinajstić information content (AvgIpc) is 2.37. The molecular formula is C11H18N4O2. The van der Waals surface area contributed by atoms with Gasteiger partial charge in [0.25, 0.3) is 0 Å². The van der Waals surface area contributed by atoms with Crippen LogP contribution in [0.25, 0.3) is 0 Å². The molecule has 1 heterocycles. The van der Waals surface area contributed by atoms with Gasteiger partial charge in [-0.25, -0.2) is 4.98 Å². The first kappa shape index (κ1) is 13.4. The number of likely N-dealkylation sites (N-methyl/N-ethyl adjacent to an activating group) is 1. The largest absolute Gasteiger partial charge is 0.395 e. The second kappa shape index (κ2) is 6.82. The van der Waals surface area contributed by atoms with Gasteiger partial charge in [0.2, 0.25) is 5.91 Å². The number of rotatable bonds is 6. The number of aromatic nitrogens is 1. The maximum absolute atomic E-state index is 11.1. The summed E-state index contributed by atoms with van der Waals surface area (Å²) in [6, 6.07) is 3.56. The van der Waals surface area contributed by atoms with Gasteiger partial charge < -0.3 is 21.1 Å². The lowest BCUT2D eigenvalue weighted by molar-refractivity contribution is -0.114. The Morgan fingerprint density at radius 3 is 2.82 bits per heavy atom. The molecule has 6 heteroatoms. The van der Waals surface area contributed by atoms with Crippen molar-refractivity contribution in [3.05, 3.63) is 18.3 Å². The van der Waals surface area contributed by atoms with Crippen LogP contribution in [0, 0.1) is 0 Å². The van der Waals surface area contributed by atoms with Crippen LogP contribution in [-0.2, 0) is 4.79 Å². The molecule has 1 aromatic heterocycles. The highest BCUT2D eigenvalue weighted by atomic mass is 16.3. The second-order valence-electron chi connectivity index (χ2n) is 3.46. The van der Waals surface area contributed by atoms with Crippen molar-refractivity contribution in [1.82, 2.24) is 4.98 Å². The maximum atomic E-state index is 11.1. The Hall–Kier alpha value is -1.66. The molecule has 17 heavy (non-hydrogen) atoms. The molecule has 0 aliphatic rings. The van der Waals surface area contributed by atoms with E-state index in [9.17, 15) is 4.79 Å². The minimum atomic E-state index is -0.248. The van der Waals surface area contributed by atoms with E-state index in [4.69, 9.17) is 10.8 Å². The smallest absolute Gasteiger partial charge is 0.238 e. The monoisotopic (exact) mass is 238 g/mol. The molecule has 0 bridgehead atoms. The number of aliphatic hydroxyl groups is 1. The summed E-state index contributed by atoms with van der Waals surface area (Å²) < 4.78 is 0. The van der Waals surface area contributed by atoms with Crippen LogP contribution in [-0.4, -0.2) is 42.2 Å². The van der Waals surface area contributed by atoms with Crippen molar-refractivity contribution < 1.29 is 9.90 Å². The zero-order valence-electron chi connectivity index (χ0n) is 9.89. The molecule has 0 unspecified atom stereocenters. The average molecular weight is 238 g/mol. The summed E-state index contributed by atoms with van der Waals surface area (Å²) in [6.45, 7) is 3.33. The van der Waals surface area contributed by atoms with Gasteiger partial charge in [0, 0.05) is 13.1 Å². The van der Waals surface area contributed by atoms with Gasteiger partial charge in [-0.3, -0.25) is 4.79 Å². The molecular weight excluding hydrogens is 220 g/mol. The fourth-order valence-electron chi connectivity index (χ4n) is 1.41. The highest BCUT2D eigenvalue weighted by Gasteiger charge is 2.05. The molecule has 94 valence electrons. The van der Waals surface area contributed by atoms with E-state index >= 15 is 0 Å². The first-order chi connectivity index (χ1) is 8.21.